The van der Waals surface area contributed by atoms with E-state index in [0.29, 0.717) is 49.0 Å². The molecule has 0 aliphatic heterocycles. The largest absolute Gasteiger partial charge is 0.480 e. The maximum Gasteiger partial charge on any atom is 0.325 e. The van der Waals surface area contributed by atoms with Crippen LogP contribution in [0.5, 0.6) is 0 Å². The van der Waals surface area contributed by atoms with Crippen molar-refractivity contribution in [2.45, 2.75) is 99.5 Å². The van der Waals surface area contributed by atoms with Gasteiger partial charge >= 0.3 is 17.9 Å². The van der Waals surface area contributed by atoms with Crippen LogP contribution in [-0.4, -0.2) is 76.8 Å². The van der Waals surface area contributed by atoms with Crippen LogP contribution >= 0.6 is 0 Å². The Bertz CT molecular complexity index is 4630. The van der Waals surface area contributed by atoms with E-state index in [9.17, 15) is 51.0 Å². The number of hydrogen-bond acceptors (Lipinski definition) is 10. The lowest BCUT2D eigenvalue weighted by molar-refractivity contribution is -0.144. The molecule has 15 nitrogen and oxygen atoms in total. The molecule has 0 aliphatic carbocycles. The lowest BCUT2D eigenvalue weighted by Gasteiger charge is -2.14. The van der Waals surface area contributed by atoms with Crippen LogP contribution in [0, 0.1) is 20.8 Å². The summed E-state index contributed by atoms with van der Waals surface area (Å²) in [7, 11) is -7.37. The zero-order chi connectivity index (χ0) is 68.1. The highest BCUT2D eigenvalue weighted by Gasteiger charge is 2.26. The number of Topliss-reactive ketones (excluding diaryl/α,β-unsaturated/α-hetero) is 2. The average molecular weight is 1310 g/mol. The van der Waals surface area contributed by atoms with Gasteiger partial charge in [-0.2, -0.15) is 0 Å². The number of hydrogen-bond donors (Lipinski definition) is 2. The van der Waals surface area contributed by atoms with Crippen molar-refractivity contribution in [2.75, 3.05) is 6.61 Å². The first-order valence-corrected chi connectivity index (χ1v) is 33.8. The van der Waals surface area contributed by atoms with Gasteiger partial charge in [-0.25, -0.2) is 16.8 Å². The Morgan fingerprint density at radius 2 is 0.832 bits per heavy atom. The van der Waals surface area contributed by atoms with Gasteiger partial charge in [0.05, 0.1) is 31.9 Å². The van der Waals surface area contributed by atoms with Gasteiger partial charge in [0.25, 0.3) is 0 Å². The van der Waals surface area contributed by atoms with E-state index in [0.717, 1.165) is 62.0 Å². The highest BCUT2D eigenvalue weighted by Crippen LogP contribution is 2.34. The van der Waals surface area contributed by atoms with Gasteiger partial charge in [0.15, 0.2) is 5.78 Å². The van der Waals surface area contributed by atoms with E-state index in [1.807, 2.05) is 190 Å². The predicted octanol–water partition coefficient (Wildman–Crippen LogP) is 15.2. The first kappa shape index (κ1) is 70.1. The smallest absolute Gasteiger partial charge is 0.325 e. The third-order valence-electron chi connectivity index (χ3n) is 15.6. The Hall–Kier alpha value is -10.8. The summed E-state index contributed by atoms with van der Waals surface area (Å²) in [6.45, 7) is 9.39. The van der Waals surface area contributed by atoms with Crippen molar-refractivity contribution in [3.05, 3.63) is 300 Å². The van der Waals surface area contributed by atoms with Crippen molar-refractivity contribution >= 4 is 49.1 Å². The summed E-state index contributed by atoms with van der Waals surface area (Å²) in [5.74, 6) is -1.96. The maximum atomic E-state index is 13.3. The first-order valence-electron chi connectivity index (χ1n) is 30.8. The molecule has 3 aromatic heterocycles. The Morgan fingerprint density at radius 1 is 0.411 bits per heavy atom. The average Bonchev–Trinajstić information content (AvgIpc) is 1.77. The van der Waals surface area contributed by atoms with Crippen LogP contribution in [-0.2, 0) is 76.1 Å². The van der Waals surface area contributed by atoms with Crippen LogP contribution in [0.25, 0.3) is 33.8 Å². The third-order valence-corrected chi connectivity index (χ3v) is 19.4. The Labute approximate surface area is 555 Å². The molecule has 3 heterocycles. The summed E-state index contributed by atoms with van der Waals surface area (Å²) in [6.07, 6.45) is 1.40. The molecule has 11 aromatic rings. The molecule has 0 radical (unpaired) electrons. The van der Waals surface area contributed by atoms with E-state index in [-0.39, 0.29) is 56.8 Å². The van der Waals surface area contributed by atoms with E-state index in [2.05, 4.69) is 0 Å². The van der Waals surface area contributed by atoms with Gasteiger partial charge in [-0.05, 0) is 134 Å². The van der Waals surface area contributed by atoms with Crippen LogP contribution in [0.2, 0.25) is 0 Å². The molecule has 0 unspecified atom stereocenters. The molecule has 2 N–H and O–H groups in total. The number of ketones is 2. The number of aromatic nitrogens is 3. The summed E-state index contributed by atoms with van der Waals surface area (Å²) in [5, 5.41) is 18.9. The number of esters is 1. The molecule has 0 saturated heterocycles. The molecule has 0 amide bonds. The predicted molar refractivity (Wildman–Crippen MR) is 369 cm³/mol. The number of ether oxygens (including phenoxy) is 1. The number of benzene rings is 8. The number of carbonyl (C=O) groups excluding carboxylic acids is 3. The maximum absolute atomic E-state index is 13.3. The summed E-state index contributed by atoms with van der Waals surface area (Å²) in [4.78, 5) is 57.7. The van der Waals surface area contributed by atoms with Crippen molar-refractivity contribution in [3.8, 4) is 33.8 Å². The Kier molecular flexibility index (Phi) is 24.5. The normalized spacial score (nSPS) is 11.0. The highest BCUT2D eigenvalue weighted by molar-refractivity contribution is 7.91. The number of rotatable bonds is 22. The second-order valence-electron chi connectivity index (χ2n) is 22.3. The zero-order valence-electron chi connectivity index (χ0n) is 53.5. The van der Waals surface area contributed by atoms with E-state index >= 15 is 0 Å². The topological polar surface area (TPSA) is 218 Å². The molecule has 8 aromatic carbocycles. The number of aliphatic carboxylic acids is 2. The second-order valence-corrected chi connectivity index (χ2v) is 26.1. The molecular formula is C78H75N3O12S2. The van der Waals surface area contributed by atoms with E-state index in [1.165, 1.54) is 6.92 Å². The summed E-state index contributed by atoms with van der Waals surface area (Å²) < 4.78 is 63.8. The molecule has 0 aliphatic rings. The van der Waals surface area contributed by atoms with Crippen molar-refractivity contribution in [2.24, 2.45) is 0 Å². The van der Waals surface area contributed by atoms with Crippen LogP contribution in [0.3, 0.4) is 0 Å². The van der Waals surface area contributed by atoms with Crippen molar-refractivity contribution < 1.29 is 55.8 Å². The van der Waals surface area contributed by atoms with Gasteiger partial charge in [0, 0.05) is 59.7 Å². The Morgan fingerprint density at radius 3 is 1.31 bits per heavy atom. The second kappa shape index (κ2) is 33.2. The van der Waals surface area contributed by atoms with Gasteiger partial charge in [-0.3, -0.25) is 19.2 Å². The van der Waals surface area contributed by atoms with Gasteiger partial charge in [-0.1, -0.05) is 194 Å². The summed E-state index contributed by atoms with van der Waals surface area (Å²) in [5.41, 5.74) is 12.0. The van der Waals surface area contributed by atoms with Gasteiger partial charge in [0.1, 0.15) is 25.4 Å². The van der Waals surface area contributed by atoms with Crippen LogP contribution in [0.15, 0.2) is 274 Å². The van der Waals surface area contributed by atoms with E-state index < -0.39 is 31.6 Å². The lowest BCUT2D eigenvalue weighted by atomic mass is 10.0. The van der Waals surface area contributed by atoms with Crippen molar-refractivity contribution in [3.63, 3.8) is 0 Å². The molecule has 0 atom stereocenters. The number of nitrogens with zero attached hydrogens (tertiary/aromatic N) is 3. The minimum absolute atomic E-state index is 0.0378. The number of carbonyl (C=O) groups is 5. The third kappa shape index (κ3) is 18.5. The molecule has 486 valence electrons. The summed E-state index contributed by atoms with van der Waals surface area (Å²) >= 11 is 0. The lowest BCUT2D eigenvalue weighted by Crippen LogP contribution is -2.15. The molecule has 0 spiro atoms. The Balaban J connectivity index is 0.000000172. The number of carboxylic acid groups (broad SMARTS) is 2. The highest BCUT2D eigenvalue weighted by atomic mass is 32.2. The minimum atomic E-state index is -3.69. The summed E-state index contributed by atoms with van der Waals surface area (Å²) in [6, 6.07) is 76.9. The molecule has 0 saturated carbocycles. The van der Waals surface area contributed by atoms with Crippen molar-refractivity contribution in [1.82, 2.24) is 13.7 Å². The molecule has 0 fully saturated rings. The zero-order valence-corrected chi connectivity index (χ0v) is 55.2. The minimum Gasteiger partial charge on any atom is -0.480 e. The van der Waals surface area contributed by atoms with Crippen LogP contribution in [0.4, 0.5) is 0 Å². The SMILES string of the molecule is CC(=O)CCC(=O)c1ccccc1.CCOC(=O)Cn1c(C)ccc1-c1ccccc1.Cc1c(Cc2ccccc2S(=O)(=O)c2ccccc2)cc(-c2ccccc2)n1CC(=O)O.Cc1cc(Cc2ccccc2S(=O)(=O)c2ccccc2)c(-c2ccccc2)n1CC(=O)O. The molecule has 17 heteroatoms. The quantitative estimate of drug-likeness (QED) is 0.0478. The number of sulfone groups is 2. The molecular weight excluding hydrogens is 1240 g/mol. The fraction of sp³-hybridized carbons (Fsp3) is 0.167. The van der Waals surface area contributed by atoms with Gasteiger partial charge < -0.3 is 33.4 Å². The van der Waals surface area contributed by atoms with Crippen LogP contribution < -0.4 is 0 Å². The van der Waals surface area contributed by atoms with Crippen LogP contribution in [0.1, 0.15) is 76.4 Å². The van der Waals surface area contributed by atoms with E-state index in [1.54, 1.807) is 106 Å². The fourth-order valence-electron chi connectivity index (χ4n) is 10.9. The fourth-order valence-corrected chi connectivity index (χ4v) is 14.0. The number of carboxylic acids is 2. The number of aryl methyl sites for hydroxylation is 2. The molecule has 0 bridgehead atoms. The monoisotopic (exact) mass is 1310 g/mol. The van der Waals surface area contributed by atoms with E-state index in [4.69, 9.17) is 4.74 Å². The molecule has 11 rings (SSSR count). The first-order chi connectivity index (χ1) is 45.7. The molecule has 95 heavy (non-hydrogen) atoms. The van der Waals surface area contributed by atoms with Gasteiger partial charge in [0.2, 0.25) is 19.7 Å². The standard InChI is InChI=1S/2C26H23NO4S.C15H17NO2.C11H12O2/c1-19-22(17-24(27(19)18-26(28)29)20-10-4-2-5-11-20)16-21-12-8-9-15-25(21)32(30,31)23-13-6-3-7-14-23;1-19-16-22(26(27(19)18-25(28)29)20-10-4-2-5-11-20)17-21-12-8-9-15-24(21)32(30,31)23-13-6-3-7-14-23;1-3-18-15(17)11-16-12(2)9-10-14(16)13-7-5-4-6-8-13;1-9(12)7-8-11(13)10-5-3-2-4-6-10/h2-15,17H,16,18H2,1H3,(H,28,29);2-16H,17-18H2,1H3,(H,28,29);4-10H,3,11H2,1-2H3;2-6H,7-8H2,1H3. The van der Waals surface area contributed by atoms with Crippen molar-refractivity contribution in [1.29, 1.82) is 0 Å². The van der Waals surface area contributed by atoms with Gasteiger partial charge in [-0.15, -0.1) is 0 Å².